The summed E-state index contributed by atoms with van der Waals surface area (Å²) in [5.74, 6) is -0.407. The number of aromatic nitrogens is 3. The van der Waals surface area contributed by atoms with Crippen molar-refractivity contribution in [2.75, 3.05) is 5.32 Å². The third-order valence-corrected chi connectivity index (χ3v) is 3.44. The minimum Gasteiger partial charge on any atom is -0.366 e. The van der Waals surface area contributed by atoms with Crippen LogP contribution in [0.3, 0.4) is 0 Å². The summed E-state index contributed by atoms with van der Waals surface area (Å²) in [5.41, 5.74) is 6.74. The van der Waals surface area contributed by atoms with Crippen LogP contribution in [-0.2, 0) is 13.0 Å². The number of hydrogen-bond acceptors (Lipinski definition) is 4. The van der Waals surface area contributed by atoms with Gasteiger partial charge in [0, 0.05) is 24.5 Å². The smallest absolute Gasteiger partial charge is 0.275 e. The number of hydrogen-bond donors (Lipinski definition) is 2. The highest BCUT2D eigenvalue weighted by Crippen LogP contribution is 2.18. The average Bonchev–Trinajstić information content (AvgIpc) is 2.89. The van der Waals surface area contributed by atoms with Crippen LogP contribution in [0.2, 0.25) is 0 Å². The van der Waals surface area contributed by atoms with E-state index in [1.54, 1.807) is 0 Å². The molecule has 0 spiro atoms. The Morgan fingerprint density at radius 2 is 2.14 bits per heavy atom. The molecule has 0 aromatic carbocycles. The van der Waals surface area contributed by atoms with Crippen LogP contribution in [-0.4, -0.2) is 26.6 Å². The Morgan fingerprint density at radius 1 is 1.29 bits per heavy atom. The van der Waals surface area contributed by atoms with Crippen LogP contribution in [0.1, 0.15) is 39.4 Å². The Bertz CT molecular complexity index is 666. The second-order valence-corrected chi connectivity index (χ2v) is 4.95. The third-order valence-electron chi connectivity index (χ3n) is 3.44. The molecule has 0 fully saturated rings. The van der Waals surface area contributed by atoms with E-state index in [2.05, 4.69) is 15.4 Å². The van der Waals surface area contributed by atoms with Gasteiger partial charge in [-0.05, 0) is 31.4 Å². The van der Waals surface area contributed by atoms with Gasteiger partial charge < -0.3 is 11.1 Å². The van der Waals surface area contributed by atoms with E-state index in [0.29, 0.717) is 5.82 Å². The lowest BCUT2D eigenvalue weighted by atomic mass is 10.1. The molecule has 2 aromatic rings. The van der Waals surface area contributed by atoms with E-state index in [-0.39, 0.29) is 17.2 Å². The highest BCUT2D eigenvalue weighted by Gasteiger charge is 2.15. The summed E-state index contributed by atoms with van der Waals surface area (Å²) in [6.45, 7) is 0.886. The van der Waals surface area contributed by atoms with Crippen molar-refractivity contribution in [1.29, 1.82) is 0 Å². The standard InChI is InChI=1S/C14H15N5O2/c15-13(20)9-4-5-11(16-8-9)14(21)17-12-7-10-3-1-2-6-19(10)18-12/h4-5,7-8H,1-3,6H2,(H2,15,20)(H,17,18,21). The van der Waals surface area contributed by atoms with Gasteiger partial charge in [0.05, 0.1) is 5.56 Å². The van der Waals surface area contributed by atoms with Crippen molar-refractivity contribution in [2.45, 2.75) is 25.8 Å². The van der Waals surface area contributed by atoms with Crippen LogP contribution in [0.25, 0.3) is 0 Å². The summed E-state index contributed by atoms with van der Waals surface area (Å²) >= 11 is 0. The fraction of sp³-hybridized carbons (Fsp3) is 0.286. The second kappa shape index (κ2) is 5.35. The highest BCUT2D eigenvalue weighted by atomic mass is 16.2. The molecule has 21 heavy (non-hydrogen) atoms. The molecular weight excluding hydrogens is 270 g/mol. The number of fused-ring (bicyclic) bond motifs is 1. The molecule has 0 aliphatic carbocycles. The van der Waals surface area contributed by atoms with Crippen LogP contribution in [0.5, 0.6) is 0 Å². The predicted molar refractivity (Wildman–Crippen MR) is 75.9 cm³/mol. The molecule has 2 aromatic heterocycles. The third kappa shape index (κ3) is 2.76. The van der Waals surface area contributed by atoms with Gasteiger partial charge in [-0.2, -0.15) is 5.10 Å². The largest absolute Gasteiger partial charge is 0.366 e. The van der Waals surface area contributed by atoms with Crippen molar-refractivity contribution in [3.8, 4) is 0 Å². The molecule has 0 saturated heterocycles. The number of nitrogens with one attached hydrogen (secondary N) is 1. The first-order chi connectivity index (χ1) is 10.1. The maximum Gasteiger partial charge on any atom is 0.275 e. The van der Waals surface area contributed by atoms with Gasteiger partial charge in [-0.25, -0.2) is 0 Å². The molecule has 3 N–H and O–H groups in total. The fourth-order valence-corrected chi connectivity index (χ4v) is 2.33. The summed E-state index contributed by atoms with van der Waals surface area (Å²) in [4.78, 5) is 27.0. The quantitative estimate of drug-likeness (QED) is 0.876. The maximum atomic E-state index is 12.1. The molecule has 1 aliphatic heterocycles. The maximum absolute atomic E-state index is 12.1. The van der Waals surface area contributed by atoms with Crippen molar-refractivity contribution in [2.24, 2.45) is 5.73 Å². The van der Waals surface area contributed by atoms with E-state index in [0.717, 1.165) is 31.5 Å². The molecule has 2 amide bonds. The first-order valence-corrected chi connectivity index (χ1v) is 6.77. The number of nitrogens with two attached hydrogens (primary N) is 1. The molecule has 1 aliphatic rings. The summed E-state index contributed by atoms with van der Waals surface area (Å²) < 4.78 is 1.92. The van der Waals surface area contributed by atoms with Gasteiger partial charge >= 0.3 is 0 Å². The lowest BCUT2D eigenvalue weighted by Gasteiger charge is -2.11. The number of amides is 2. The molecule has 0 bridgehead atoms. The van der Waals surface area contributed by atoms with Crippen molar-refractivity contribution in [1.82, 2.24) is 14.8 Å². The molecule has 0 atom stereocenters. The van der Waals surface area contributed by atoms with Gasteiger partial charge in [-0.15, -0.1) is 0 Å². The van der Waals surface area contributed by atoms with Gasteiger partial charge in [-0.3, -0.25) is 19.3 Å². The zero-order valence-electron chi connectivity index (χ0n) is 11.4. The number of nitrogens with zero attached hydrogens (tertiary/aromatic N) is 3. The molecule has 0 unspecified atom stereocenters. The summed E-state index contributed by atoms with van der Waals surface area (Å²) in [5, 5.41) is 7.06. The minimum absolute atomic E-state index is 0.214. The number of pyridine rings is 1. The average molecular weight is 285 g/mol. The minimum atomic E-state index is -0.573. The summed E-state index contributed by atoms with van der Waals surface area (Å²) in [6, 6.07) is 4.82. The lowest BCUT2D eigenvalue weighted by Crippen LogP contribution is -2.16. The van der Waals surface area contributed by atoms with Crippen LogP contribution < -0.4 is 11.1 Å². The first kappa shape index (κ1) is 13.3. The van der Waals surface area contributed by atoms with Gasteiger partial charge in [0.1, 0.15) is 5.69 Å². The van der Waals surface area contributed by atoms with Crippen molar-refractivity contribution < 1.29 is 9.59 Å². The fourth-order valence-electron chi connectivity index (χ4n) is 2.33. The molecule has 3 heterocycles. The first-order valence-electron chi connectivity index (χ1n) is 6.77. The topological polar surface area (TPSA) is 103 Å². The van der Waals surface area contributed by atoms with Gasteiger partial charge in [0.25, 0.3) is 5.91 Å². The molecule has 108 valence electrons. The SMILES string of the molecule is NC(=O)c1ccc(C(=O)Nc2cc3n(n2)CCCC3)nc1. The molecule has 0 radical (unpaired) electrons. The monoisotopic (exact) mass is 285 g/mol. The lowest BCUT2D eigenvalue weighted by molar-refractivity contribution is 0.0993. The highest BCUT2D eigenvalue weighted by molar-refractivity contribution is 6.02. The van der Waals surface area contributed by atoms with Crippen molar-refractivity contribution >= 4 is 17.6 Å². The zero-order chi connectivity index (χ0) is 14.8. The Labute approximate surface area is 121 Å². The Balaban J connectivity index is 1.73. The number of anilines is 1. The summed E-state index contributed by atoms with van der Waals surface area (Å²) in [6.07, 6.45) is 4.53. The Hall–Kier alpha value is -2.70. The number of carbonyl (C=O) groups is 2. The van der Waals surface area contributed by atoms with Crippen molar-refractivity contribution in [3.05, 3.63) is 41.3 Å². The number of primary amides is 1. The molecular formula is C14H15N5O2. The number of carbonyl (C=O) groups excluding carboxylic acids is 2. The second-order valence-electron chi connectivity index (χ2n) is 4.95. The van der Waals surface area contributed by atoms with Gasteiger partial charge in [0.15, 0.2) is 5.82 Å². The van der Waals surface area contributed by atoms with E-state index in [1.165, 1.54) is 18.3 Å². The number of aryl methyl sites for hydroxylation is 2. The number of rotatable bonds is 3. The summed E-state index contributed by atoms with van der Waals surface area (Å²) in [7, 11) is 0. The van der Waals surface area contributed by atoms with E-state index in [9.17, 15) is 9.59 Å². The van der Waals surface area contributed by atoms with E-state index >= 15 is 0 Å². The van der Waals surface area contributed by atoms with Crippen molar-refractivity contribution in [3.63, 3.8) is 0 Å². The molecule has 3 rings (SSSR count). The van der Waals surface area contributed by atoms with Gasteiger partial charge in [-0.1, -0.05) is 0 Å². The van der Waals surface area contributed by atoms with Gasteiger partial charge in [0.2, 0.25) is 5.91 Å². The molecule has 7 nitrogen and oxygen atoms in total. The zero-order valence-corrected chi connectivity index (χ0v) is 11.4. The van der Waals surface area contributed by atoms with Crippen LogP contribution in [0.15, 0.2) is 24.4 Å². The molecule has 7 heteroatoms. The van der Waals surface area contributed by atoms with E-state index in [4.69, 9.17) is 5.73 Å². The van der Waals surface area contributed by atoms with Crippen LogP contribution >= 0.6 is 0 Å². The molecule has 0 saturated carbocycles. The van der Waals surface area contributed by atoms with E-state index in [1.807, 2.05) is 10.7 Å². The Morgan fingerprint density at radius 3 is 2.81 bits per heavy atom. The van der Waals surface area contributed by atoms with E-state index < -0.39 is 5.91 Å². The van der Waals surface area contributed by atoms with Crippen LogP contribution in [0, 0.1) is 0 Å². The predicted octanol–water partition coefficient (Wildman–Crippen LogP) is 0.966. The van der Waals surface area contributed by atoms with Crippen LogP contribution in [0.4, 0.5) is 5.82 Å². The Kier molecular flexibility index (Phi) is 3.39. The normalized spacial score (nSPS) is 13.5.